The lowest BCUT2D eigenvalue weighted by Crippen LogP contribution is -1.94. The highest BCUT2D eigenvalue weighted by molar-refractivity contribution is 5.75. The second-order valence-electron chi connectivity index (χ2n) is 4.49. The monoisotopic (exact) mass is 229 g/mol. The Labute approximate surface area is 101 Å². The quantitative estimate of drug-likeness (QED) is 0.735. The summed E-state index contributed by atoms with van der Waals surface area (Å²) < 4.78 is 13.3. The SMILES string of the molecule is Cc1cc(N)ccc1-c1c(C)cc(F)cc1C. The molecule has 2 aromatic rings. The number of hydrogen-bond donors (Lipinski definition) is 1. The summed E-state index contributed by atoms with van der Waals surface area (Å²) in [6.07, 6.45) is 0. The molecule has 0 atom stereocenters. The largest absolute Gasteiger partial charge is 0.399 e. The highest BCUT2D eigenvalue weighted by Gasteiger charge is 2.10. The molecule has 0 unspecified atom stereocenters. The summed E-state index contributed by atoms with van der Waals surface area (Å²) >= 11 is 0. The number of hydrogen-bond acceptors (Lipinski definition) is 1. The van der Waals surface area contributed by atoms with E-state index in [4.69, 9.17) is 5.73 Å². The highest BCUT2D eigenvalue weighted by Crippen LogP contribution is 2.31. The minimum absolute atomic E-state index is 0.183. The lowest BCUT2D eigenvalue weighted by atomic mass is 9.92. The van der Waals surface area contributed by atoms with Crippen LogP contribution in [0.3, 0.4) is 0 Å². The standard InChI is InChI=1S/C15H16FN/c1-9-8-13(17)4-5-14(9)15-10(2)6-12(16)7-11(15)3/h4-8H,17H2,1-3H3. The van der Waals surface area contributed by atoms with Gasteiger partial charge < -0.3 is 5.73 Å². The Kier molecular flexibility index (Phi) is 2.88. The molecular formula is C15H16FN. The van der Waals surface area contributed by atoms with Gasteiger partial charge in [-0.25, -0.2) is 4.39 Å². The van der Waals surface area contributed by atoms with Gasteiger partial charge in [-0.15, -0.1) is 0 Å². The third-order valence-electron chi connectivity index (χ3n) is 3.02. The van der Waals surface area contributed by atoms with Crippen molar-refractivity contribution < 1.29 is 4.39 Å². The normalized spacial score (nSPS) is 10.6. The molecule has 0 amide bonds. The number of benzene rings is 2. The topological polar surface area (TPSA) is 26.0 Å². The molecule has 0 spiro atoms. The minimum Gasteiger partial charge on any atom is -0.399 e. The molecule has 0 saturated heterocycles. The molecule has 0 aromatic heterocycles. The van der Waals surface area contributed by atoms with Crippen LogP contribution in [0.15, 0.2) is 30.3 Å². The van der Waals surface area contributed by atoms with E-state index < -0.39 is 0 Å². The molecule has 0 aliphatic rings. The molecule has 2 rings (SSSR count). The Morgan fingerprint density at radius 1 is 0.882 bits per heavy atom. The van der Waals surface area contributed by atoms with Crippen molar-refractivity contribution in [2.45, 2.75) is 20.8 Å². The molecule has 0 bridgehead atoms. The van der Waals surface area contributed by atoms with Gasteiger partial charge in [0.25, 0.3) is 0 Å². The fourth-order valence-corrected chi connectivity index (χ4v) is 2.30. The molecule has 1 nitrogen and oxygen atoms in total. The maximum absolute atomic E-state index is 13.3. The molecule has 2 heteroatoms. The van der Waals surface area contributed by atoms with Crippen molar-refractivity contribution in [3.63, 3.8) is 0 Å². The van der Waals surface area contributed by atoms with Crippen molar-refractivity contribution in [1.82, 2.24) is 0 Å². The molecule has 0 aliphatic heterocycles. The Balaban J connectivity index is 2.68. The van der Waals surface area contributed by atoms with Crippen LogP contribution in [-0.4, -0.2) is 0 Å². The van der Waals surface area contributed by atoms with Gasteiger partial charge >= 0.3 is 0 Å². The first kappa shape index (κ1) is 11.6. The maximum atomic E-state index is 13.3. The molecule has 0 aliphatic carbocycles. The van der Waals surface area contributed by atoms with Crippen LogP contribution < -0.4 is 5.73 Å². The predicted molar refractivity (Wildman–Crippen MR) is 70.5 cm³/mol. The van der Waals surface area contributed by atoms with Crippen LogP contribution in [-0.2, 0) is 0 Å². The van der Waals surface area contributed by atoms with Crippen molar-refractivity contribution in [2.24, 2.45) is 0 Å². The van der Waals surface area contributed by atoms with Gasteiger partial charge in [0.05, 0.1) is 0 Å². The van der Waals surface area contributed by atoms with E-state index >= 15 is 0 Å². The van der Waals surface area contributed by atoms with Gasteiger partial charge in [0.15, 0.2) is 0 Å². The molecule has 0 heterocycles. The predicted octanol–water partition coefficient (Wildman–Crippen LogP) is 4.00. The number of nitrogens with two attached hydrogens (primary N) is 1. The van der Waals surface area contributed by atoms with Crippen LogP contribution in [0.1, 0.15) is 16.7 Å². The zero-order valence-corrected chi connectivity index (χ0v) is 10.3. The van der Waals surface area contributed by atoms with Crippen LogP contribution in [0.25, 0.3) is 11.1 Å². The van der Waals surface area contributed by atoms with Gasteiger partial charge in [0.2, 0.25) is 0 Å². The van der Waals surface area contributed by atoms with E-state index in [0.29, 0.717) is 0 Å². The van der Waals surface area contributed by atoms with Crippen LogP contribution in [0.5, 0.6) is 0 Å². The number of rotatable bonds is 1. The Bertz CT molecular complexity index is 550. The first-order chi connectivity index (χ1) is 7.99. The number of nitrogen functional groups attached to an aromatic ring is 1. The first-order valence-electron chi connectivity index (χ1n) is 5.62. The van der Waals surface area contributed by atoms with Crippen LogP contribution in [0.4, 0.5) is 10.1 Å². The third kappa shape index (κ3) is 2.16. The van der Waals surface area contributed by atoms with Crippen molar-refractivity contribution >= 4 is 5.69 Å². The lowest BCUT2D eigenvalue weighted by molar-refractivity contribution is 0.625. The smallest absolute Gasteiger partial charge is 0.123 e. The highest BCUT2D eigenvalue weighted by atomic mass is 19.1. The van der Waals surface area contributed by atoms with Gasteiger partial charge in [-0.3, -0.25) is 0 Å². The number of aryl methyl sites for hydroxylation is 3. The van der Waals surface area contributed by atoms with Crippen LogP contribution in [0.2, 0.25) is 0 Å². The summed E-state index contributed by atoms with van der Waals surface area (Å²) in [5.74, 6) is -0.183. The molecule has 88 valence electrons. The van der Waals surface area contributed by atoms with Crippen molar-refractivity contribution in [2.75, 3.05) is 5.73 Å². The zero-order valence-electron chi connectivity index (χ0n) is 10.3. The van der Waals surface area contributed by atoms with E-state index in [0.717, 1.165) is 33.5 Å². The molecule has 2 aromatic carbocycles. The fraction of sp³-hybridized carbons (Fsp3) is 0.200. The molecule has 0 saturated carbocycles. The first-order valence-corrected chi connectivity index (χ1v) is 5.62. The third-order valence-corrected chi connectivity index (χ3v) is 3.02. The summed E-state index contributed by atoms with van der Waals surface area (Å²) in [7, 11) is 0. The second kappa shape index (κ2) is 4.21. The average molecular weight is 229 g/mol. The van der Waals surface area contributed by atoms with E-state index in [1.165, 1.54) is 0 Å². The molecular weight excluding hydrogens is 213 g/mol. The van der Waals surface area contributed by atoms with Crippen molar-refractivity contribution in [1.29, 1.82) is 0 Å². The number of anilines is 1. The average Bonchev–Trinajstić information content (AvgIpc) is 2.19. The van der Waals surface area contributed by atoms with E-state index in [1.807, 2.05) is 39.0 Å². The van der Waals surface area contributed by atoms with Crippen LogP contribution in [0, 0.1) is 26.6 Å². The summed E-state index contributed by atoms with van der Waals surface area (Å²) in [6, 6.07) is 8.95. The Morgan fingerprint density at radius 3 is 2.00 bits per heavy atom. The van der Waals surface area contributed by atoms with E-state index in [2.05, 4.69) is 0 Å². The minimum atomic E-state index is -0.183. The Hall–Kier alpha value is -1.83. The van der Waals surface area contributed by atoms with Crippen LogP contribution >= 0.6 is 0 Å². The van der Waals surface area contributed by atoms with E-state index in [1.54, 1.807) is 12.1 Å². The summed E-state index contributed by atoms with van der Waals surface area (Å²) in [4.78, 5) is 0. The number of halogens is 1. The summed E-state index contributed by atoms with van der Waals surface area (Å²) in [5.41, 5.74) is 11.7. The van der Waals surface area contributed by atoms with Gasteiger partial charge in [0, 0.05) is 5.69 Å². The van der Waals surface area contributed by atoms with Crippen molar-refractivity contribution in [3.05, 3.63) is 52.8 Å². The van der Waals surface area contributed by atoms with E-state index in [9.17, 15) is 4.39 Å². The molecule has 0 fully saturated rings. The summed E-state index contributed by atoms with van der Waals surface area (Å²) in [5, 5.41) is 0. The Morgan fingerprint density at radius 2 is 1.47 bits per heavy atom. The van der Waals surface area contributed by atoms with Crippen molar-refractivity contribution in [3.8, 4) is 11.1 Å². The molecule has 17 heavy (non-hydrogen) atoms. The zero-order chi connectivity index (χ0) is 12.6. The van der Waals surface area contributed by atoms with Gasteiger partial charge in [-0.2, -0.15) is 0 Å². The molecule has 2 N–H and O–H groups in total. The lowest BCUT2D eigenvalue weighted by Gasteiger charge is -2.13. The fourth-order valence-electron chi connectivity index (χ4n) is 2.30. The van der Waals surface area contributed by atoms with Gasteiger partial charge in [-0.05, 0) is 72.9 Å². The maximum Gasteiger partial charge on any atom is 0.123 e. The van der Waals surface area contributed by atoms with E-state index in [-0.39, 0.29) is 5.82 Å². The molecule has 0 radical (unpaired) electrons. The van der Waals surface area contributed by atoms with Gasteiger partial charge in [0.1, 0.15) is 5.82 Å². The van der Waals surface area contributed by atoms with Gasteiger partial charge in [-0.1, -0.05) is 6.07 Å². The summed E-state index contributed by atoms with van der Waals surface area (Å²) in [6.45, 7) is 5.89. The second-order valence-corrected chi connectivity index (χ2v) is 4.49.